The first-order chi connectivity index (χ1) is 13.0. The van der Waals surface area contributed by atoms with Crippen molar-refractivity contribution in [2.45, 2.75) is 33.2 Å². The van der Waals surface area contributed by atoms with E-state index in [-0.39, 0.29) is 23.0 Å². The molecule has 144 valence electrons. The van der Waals surface area contributed by atoms with E-state index < -0.39 is 7.60 Å². The lowest BCUT2D eigenvalue weighted by atomic mass is 9.90. The Labute approximate surface area is 157 Å². The molecule has 0 fully saturated rings. The highest BCUT2D eigenvalue weighted by molar-refractivity contribution is 7.53. The first kappa shape index (κ1) is 19.6. The lowest BCUT2D eigenvalue weighted by Gasteiger charge is -2.17. The minimum atomic E-state index is -3.08. The summed E-state index contributed by atoms with van der Waals surface area (Å²) in [6, 6.07) is 6.70. The normalized spacial score (nSPS) is 13.6. The van der Waals surface area contributed by atoms with E-state index in [1.807, 2.05) is 0 Å². The van der Waals surface area contributed by atoms with E-state index in [0.29, 0.717) is 49.9 Å². The van der Waals surface area contributed by atoms with Crippen LogP contribution in [0, 0.1) is 0 Å². The van der Waals surface area contributed by atoms with Crippen LogP contribution in [0.25, 0.3) is 0 Å². The number of benzene rings is 1. The van der Waals surface area contributed by atoms with Crippen molar-refractivity contribution in [1.82, 2.24) is 15.0 Å². The molecule has 0 unspecified atom stereocenters. The standard InChI is InChI=1S/C18H22N3O5P/c1-3-25-27(24,26-4-2)12-8-7-11-21-16-15(19-20-21)17(22)13-9-5-6-10-14(13)18(16)23/h5-6,9-10H,3-4,7-8,11-12H2,1-2H3. The molecule has 0 bridgehead atoms. The Morgan fingerprint density at radius 3 is 2.26 bits per heavy atom. The van der Waals surface area contributed by atoms with Gasteiger partial charge in [0.15, 0.2) is 5.69 Å². The zero-order valence-electron chi connectivity index (χ0n) is 15.4. The number of hydrogen-bond acceptors (Lipinski definition) is 7. The summed E-state index contributed by atoms with van der Waals surface area (Å²) in [7, 11) is -3.08. The van der Waals surface area contributed by atoms with Crippen LogP contribution in [-0.4, -0.2) is 45.9 Å². The summed E-state index contributed by atoms with van der Waals surface area (Å²) < 4.78 is 24.5. The number of nitrogens with zero attached hydrogens (tertiary/aromatic N) is 3. The Hall–Kier alpha value is -2.15. The molecule has 0 saturated carbocycles. The molecule has 1 aromatic carbocycles. The fourth-order valence-corrected chi connectivity index (χ4v) is 4.84. The summed E-state index contributed by atoms with van der Waals surface area (Å²) in [5.41, 5.74) is 1.04. The monoisotopic (exact) mass is 391 g/mol. The minimum Gasteiger partial charge on any atom is -0.309 e. The van der Waals surface area contributed by atoms with Crippen LogP contribution < -0.4 is 0 Å². The second kappa shape index (κ2) is 8.25. The number of fused-ring (bicyclic) bond motifs is 2. The van der Waals surface area contributed by atoms with E-state index >= 15 is 0 Å². The molecule has 0 N–H and O–H groups in total. The van der Waals surface area contributed by atoms with Gasteiger partial charge in [0.2, 0.25) is 11.6 Å². The highest BCUT2D eigenvalue weighted by Crippen LogP contribution is 2.48. The highest BCUT2D eigenvalue weighted by atomic mass is 31.2. The summed E-state index contributed by atoms with van der Waals surface area (Å²) in [5.74, 6) is -0.539. The predicted molar refractivity (Wildman–Crippen MR) is 98.3 cm³/mol. The van der Waals surface area contributed by atoms with Gasteiger partial charge in [0.25, 0.3) is 0 Å². The zero-order valence-corrected chi connectivity index (χ0v) is 16.3. The topological polar surface area (TPSA) is 100 Å². The molecule has 0 saturated heterocycles. The van der Waals surface area contributed by atoms with Crippen LogP contribution in [0.1, 0.15) is 58.8 Å². The SMILES string of the molecule is CCOP(=O)(CCCCn1nnc2c1C(=O)c1ccccc1C2=O)OCC. The molecule has 0 spiro atoms. The van der Waals surface area contributed by atoms with Crippen molar-refractivity contribution in [1.29, 1.82) is 0 Å². The highest BCUT2D eigenvalue weighted by Gasteiger charge is 2.34. The third-order valence-corrected chi connectivity index (χ3v) is 6.45. The van der Waals surface area contributed by atoms with Gasteiger partial charge in [0.1, 0.15) is 5.69 Å². The Morgan fingerprint density at radius 2 is 1.63 bits per heavy atom. The van der Waals surface area contributed by atoms with E-state index in [1.54, 1.807) is 38.1 Å². The van der Waals surface area contributed by atoms with Gasteiger partial charge < -0.3 is 9.05 Å². The molecule has 0 amide bonds. The fraction of sp³-hybridized carbons (Fsp3) is 0.444. The molecule has 1 heterocycles. The average molecular weight is 391 g/mol. The van der Waals surface area contributed by atoms with Crippen molar-refractivity contribution in [3.8, 4) is 0 Å². The maximum absolute atomic E-state index is 12.8. The molecule has 0 radical (unpaired) electrons. The van der Waals surface area contributed by atoms with Crippen molar-refractivity contribution in [3.05, 3.63) is 46.8 Å². The van der Waals surface area contributed by atoms with Crippen molar-refractivity contribution < 1.29 is 23.2 Å². The van der Waals surface area contributed by atoms with Gasteiger partial charge in [-0.2, -0.15) is 0 Å². The molecule has 1 aliphatic rings. The van der Waals surface area contributed by atoms with Gasteiger partial charge in [-0.25, -0.2) is 4.68 Å². The van der Waals surface area contributed by atoms with E-state index in [2.05, 4.69) is 10.3 Å². The van der Waals surface area contributed by atoms with Crippen LogP contribution >= 0.6 is 7.60 Å². The number of rotatable bonds is 9. The van der Waals surface area contributed by atoms with Crippen LogP contribution in [0.3, 0.4) is 0 Å². The lowest BCUT2D eigenvalue weighted by molar-refractivity contribution is 0.0970. The molecule has 3 rings (SSSR count). The van der Waals surface area contributed by atoms with Crippen molar-refractivity contribution in [2.75, 3.05) is 19.4 Å². The van der Waals surface area contributed by atoms with Gasteiger partial charge >= 0.3 is 7.60 Å². The van der Waals surface area contributed by atoms with E-state index in [0.717, 1.165) is 0 Å². The van der Waals surface area contributed by atoms with Crippen LogP contribution in [0.5, 0.6) is 0 Å². The lowest BCUT2D eigenvalue weighted by Crippen LogP contribution is -2.23. The summed E-state index contributed by atoms with van der Waals surface area (Å²) in [5, 5.41) is 7.89. The number of ketones is 2. The largest absolute Gasteiger partial charge is 0.330 e. The number of carbonyl (C=O) groups excluding carboxylic acids is 2. The second-order valence-corrected chi connectivity index (χ2v) is 8.28. The molecule has 1 aliphatic carbocycles. The Balaban J connectivity index is 1.69. The van der Waals surface area contributed by atoms with Gasteiger partial charge in [-0.1, -0.05) is 29.5 Å². The average Bonchev–Trinajstić information content (AvgIpc) is 3.08. The number of aromatic nitrogens is 3. The smallest absolute Gasteiger partial charge is 0.309 e. The molecule has 2 aromatic rings. The number of aryl methyl sites for hydroxylation is 1. The van der Waals surface area contributed by atoms with Gasteiger partial charge in [0.05, 0.1) is 19.4 Å². The Bertz CT molecular complexity index is 898. The molecule has 8 nitrogen and oxygen atoms in total. The number of unbranched alkanes of at least 4 members (excludes halogenated alkanes) is 1. The van der Waals surface area contributed by atoms with Crippen molar-refractivity contribution >= 4 is 19.2 Å². The van der Waals surface area contributed by atoms with E-state index in [4.69, 9.17) is 9.05 Å². The quantitative estimate of drug-likeness (QED) is 0.408. The summed E-state index contributed by atoms with van der Waals surface area (Å²) in [6.07, 6.45) is 1.47. The minimum absolute atomic E-state index is 0.0907. The fourth-order valence-electron chi connectivity index (χ4n) is 3.11. The van der Waals surface area contributed by atoms with Crippen molar-refractivity contribution in [2.24, 2.45) is 0 Å². The Morgan fingerprint density at radius 1 is 1.00 bits per heavy atom. The summed E-state index contributed by atoms with van der Waals surface area (Å²) >= 11 is 0. The van der Waals surface area contributed by atoms with Crippen LogP contribution in [0.15, 0.2) is 24.3 Å². The molecule has 1 aromatic heterocycles. The van der Waals surface area contributed by atoms with Crippen LogP contribution in [0.4, 0.5) is 0 Å². The van der Waals surface area contributed by atoms with Gasteiger partial charge in [-0.3, -0.25) is 14.2 Å². The second-order valence-electron chi connectivity index (χ2n) is 6.09. The Kier molecular flexibility index (Phi) is 5.99. The molecule has 9 heteroatoms. The third-order valence-electron chi connectivity index (χ3n) is 4.29. The summed E-state index contributed by atoms with van der Waals surface area (Å²) in [4.78, 5) is 25.3. The number of hydrogen-bond donors (Lipinski definition) is 0. The first-order valence-electron chi connectivity index (χ1n) is 9.00. The maximum atomic E-state index is 12.8. The molecule has 0 aliphatic heterocycles. The molecule has 0 atom stereocenters. The van der Waals surface area contributed by atoms with Crippen molar-refractivity contribution in [3.63, 3.8) is 0 Å². The van der Waals surface area contributed by atoms with Crippen LogP contribution in [-0.2, 0) is 20.2 Å². The van der Waals surface area contributed by atoms with E-state index in [9.17, 15) is 14.2 Å². The number of carbonyl (C=O) groups is 2. The third kappa shape index (κ3) is 3.93. The molecular formula is C18H22N3O5P. The van der Waals surface area contributed by atoms with Crippen LogP contribution in [0.2, 0.25) is 0 Å². The van der Waals surface area contributed by atoms with E-state index in [1.165, 1.54) is 4.68 Å². The predicted octanol–water partition coefficient (Wildman–Crippen LogP) is 3.10. The summed E-state index contributed by atoms with van der Waals surface area (Å²) in [6.45, 7) is 4.58. The first-order valence-corrected chi connectivity index (χ1v) is 10.7. The molecule has 27 heavy (non-hydrogen) atoms. The van der Waals surface area contributed by atoms with Gasteiger partial charge in [0, 0.05) is 17.7 Å². The molecular weight excluding hydrogens is 369 g/mol. The van der Waals surface area contributed by atoms with Gasteiger partial charge in [-0.05, 0) is 26.7 Å². The van der Waals surface area contributed by atoms with Gasteiger partial charge in [-0.15, -0.1) is 5.10 Å². The maximum Gasteiger partial charge on any atom is 0.330 e. The zero-order chi connectivity index (χ0) is 19.4.